The Balaban J connectivity index is 1.85. The molecular formula is C27H21Br. The van der Waals surface area contributed by atoms with Crippen molar-refractivity contribution in [3.05, 3.63) is 117 Å². The van der Waals surface area contributed by atoms with Crippen LogP contribution in [0.4, 0.5) is 0 Å². The first-order valence-electron chi connectivity index (χ1n) is 9.69. The molecule has 5 rings (SSSR count). The molecule has 1 heteroatoms. The Labute approximate surface area is 175 Å². The Morgan fingerprint density at radius 1 is 0.714 bits per heavy atom. The van der Waals surface area contributed by atoms with Crippen molar-refractivity contribution < 1.29 is 0 Å². The minimum Gasteiger partial charge on any atom is -0.0622 e. The summed E-state index contributed by atoms with van der Waals surface area (Å²) in [6.07, 6.45) is 0. The summed E-state index contributed by atoms with van der Waals surface area (Å²) < 4.78 is 1.12. The normalized spacial score (nSPS) is 14.6. The molecule has 0 fully saturated rings. The minimum atomic E-state index is 0.258. The quantitative estimate of drug-likeness (QED) is 0.270. The van der Waals surface area contributed by atoms with Gasteiger partial charge in [0, 0.05) is 10.4 Å². The maximum Gasteiger partial charge on any atom is 0.0358 e. The largest absolute Gasteiger partial charge is 0.0622 e. The number of benzene rings is 4. The SMILES string of the molecule is Cc1ccc2c(c1)C(c1ccc(Br)cc1)c1c-2ccc(C)c1-c1ccccc1. The van der Waals surface area contributed by atoms with Crippen LogP contribution in [0.1, 0.15) is 33.7 Å². The molecule has 4 aromatic carbocycles. The van der Waals surface area contributed by atoms with Crippen LogP contribution in [0.25, 0.3) is 22.3 Å². The van der Waals surface area contributed by atoms with E-state index in [9.17, 15) is 0 Å². The van der Waals surface area contributed by atoms with Gasteiger partial charge in [0.25, 0.3) is 0 Å². The fourth-order valence-electron chi connectivity index (χ4n) is 4.57. The Hall–Kier alpha value is -2.64. The topological polar surface area (TPSA) is 0 Å². The first-order chi connectivity index (χ1) is 13.6. The fraction of sp³-hybridized carbons (Fsp3) is 0.111. The molecule has 0 bridgehead atoms. The van der Waals surface area contributed by atoms with Gasteiger partial charge in [-0.2, -0.15) is 0 Å². The smallest absolute Gasteiger partial charge is 0.0358 e. The molecule has 0 saturated heterocycles. The van der Waals surface area contributed by atoms with Crippen LogP contribution in [0.5, 0.6) is 0 Å². The summed E-state index contributed by atoms with van der Waals surface area (Å²) in [5.74, 6) is 0.258. The predicted molar refractivity (Wildman–Crippen MR) is 122 cm³/mol. The summed E-state index contributed by atoms with van der Waals surface area (Å²) in [5, 5.41) is 0. The molecule has 136 valence electrons. The molecule has 0 aliphatic heterocycles. The van der Waals surface area contributed by atoms with E-state index in [0.717, 1.165) is 4.47 Å². The second kappa shape index (κ2) is 6.76. The molecule has 1 atom stereocenters. The second-order valence-electron chi connectivity index (χ2n) is 7.66. The molecule has 0 heterocycles. The van der Waals surface area contributed by atoms with Crippen molar-refractivity contribution in [2.45, 2.75) is 19.8 Å². The van der Waals surface area contributed by atoms with Crippen molar-refractivity contribution >= 4 is 15.9 Å². The van der Waals surface area contributed by atoms with Gasteiger partial charge in [-0.3, -0.25) is 0 Å². The zero-order chi connectivity index (χ0) is 19.3. The van der Waals surface area contributed by atoms with Gasteiger partial charge in [0.1, 0.15) is 0 Å². The lowest BCUT2D eigenvalue weighted by molar-refractivity contribution is 1.01. The molecule has 1 aliphatic carbocycles. The predicted octanol–water partition coefficient (Wildman–Crippen LogP) is 7.89. The summed E-state index contributed by atoms with van der Waals surface area (Å²) >= 11 is 3.59. The van der Waals surface area contributed by atoms with Gasteiger partial charge in [-0.05, 0) is 70.5 Å². The van der Waals surface area contributed by atoms with Crippen molar-refractivity contribution in [2.24, 2.45) is 0 Å². The monoisotopic (exact) mass is 424 g/mol. The van der Waals surface area contributed by atoms with Crippen LogP contribution in [0.3, 0.4) is 0 Å². The highest BCUT2D eigenvalue weighted by molar-refractivity contribution is 9.10. The molecule has 0 amide bonds. The number of rotatable bonds is 2. The highest BCUT2D eigenvalue weighted by atomic mass is 79.9. The molecule has 0 spiro atoms. The Kier molecular flexibility index (Phi) is 4.21. The highest BCUT2D eigenvalue weighted by Crippen LogP contribution is 2.52. The van der Waals surface area contributed by atoms with E-state index >= 15 is 0 Å². The van der Waals surface area contributed by atoms with Gasteiger partial charge < -0.3 is 0 Å². The van der Waals surface area contributed by atoms with Gasteiger partial charge in [-0.1, -0.05) is 94.3 Å². The summed E-state index contributed by atoms with van der Waals surface area (Å²) in [6, 6.07) is 31.1. The lowest BCUT2D eigenvalue weighted by Crippen LogP contribution is -2.02. The van der Waals surface area contributed by atoms with Crippen LogP contribution in [0.2, 0.25) is 0 Å². The third kappa shape index (κ3) is 2.73. The van der Waals surface area contributed by atoms with Crippen LogP contribution in [0.15, 0.2) is 89.4 Å². The van der Waals surface area contributed by atoms with Gasteiger partial charge in [0.2, 0.25) is 0 Å². The van der Waals surface area contributed by atoms with Crippen molar-refractivity contribution in [1.82, 2.24) is 0 Å². The molecular weight excluding hydrogens is 404 g/mol. The lowest BCUT2D eigenvalue weighted by atomic mass is 9.83. The average Bonchev–Trinajstić information content (AvgIpc) is 3.02. The minimum absolute atomic E-state index is 0.258. The molecule has 4 aromatic rings. The molecule has 0 aromatic heterocycles. The first kappa shape index (κ1) is 17.5. The molecule has 1 unspecified atom stereocenters. The van der Waals surface area contributed by atoms with Crippen molar-refractivity contribution in [3.63, 3.8) is 0 Å². The Morgan fingerprint density at radius 3 is 2.18 bits per heavy atom. The van der Waals surface area contributed by atoms with Crippen LogP contribution in [-0.2, 0) is 0 Å². The van der Waals surface area contributed by atoms with E-state index in [4.69, 9.17) is 0 Å². The summed E-state index contributed by atoms with van der Waals surface area (Å²) in [4.78, 5) is 0. The molecule has 28 heavy (non-hydrogen) atoms. The third-order valence-electron chi connectivity index (χ3n) is 5.82. The Bertz CT molecular complexity index is 1170. The van der Waals surface area contributed by atoms with Gasteiger partial charge in [-0.25, -0.2) is 0 Å². The standard InChI is InChI=1S/C27H21Br/c1-17-8-14-22-23-15-9-18(2)25(19-6-4-3-5-7-19)27(23)26(24(22)16-17)20-10-12-21(28)13-11-20/h3-16,26H,1-2H3. The Morgan fingerprint density at radius 2 is 1.43 bits per heavy atom. The maximum atomic E-state index is 3.59. The molecule has 0 nitrogen and oxygen atoms in total. The molecule has 1 aliphatic rings. The van der Waals surface area contributed by atoms with E-state index in [1.165, 1.54) is 50.1 Å². The zero-order valence-corrected chi connectivity index (χ0v) is 17.6. The number of halogens is 1. The van der Waals surface area contributed by atoms with Gasteiger partial charge in [-0.15, -0.1) is 0 Å². The van der Waals surface area contributed by atoms with E-state index in [2.05, 4.69) is 115 Å². The van der Waals surface area contributed by atoms with Crippen LogP contribution in [-0.4, -0.2) is 0 Å². The maximum absolute atomic E-state index is 3.59. The number of hydrogen-bond donors (Lipinski definition) is 0. The first-order valence-corrected chi connectivity index (χ1v) is 10.5. The second-order valence-corrected chi connectivity index (χ2v) is 8.58. The number of hydrogen-bond acceptors (Lipinski definition) is 0. The zero-order valence-electron chi connectivity index (χ0n) is 16.0. The fourth-order valence-corrected chi connectivity index (χ4v) is 4.84. The number of aryl methyl sites for hydroxylation is 2. The van der Waals surface area contributed by atoms with Gasteiger partial charge >= 0.3 is 0 Å². The molecule has 0 saturated carbocycles. The van der Waals surface area contributed by atoms with Gasteiger partial charge in [0.15, 0.2) is 0 Å². The molecule has 0 N–H and O–H groups in total. The average molecular weight is 425 g/mol. The van der Waals surface area contributed by atoms with Crippen molar-refractivity contribution in [3.8, 4) is 22.3 Å². The van der Waals surface area contributed by atoms with Crippen molar-refractivity contribution in [2.75, 3.05) is 0 Å². The van der Waals surface area contributed by atoms with Crippen LogP contribution < -0.4 is 0 Å². The van der Waals surface area contributed by atoms with E-state index in [1.54, 1.807) is 0 Å². The third-order valence-corrected chi connectivity index (χ3v) is 6.35. The lowest BCUT2D eigenvalue weighted by Gasteiger charge is -2.20. The van der Waals surface area contributed by atoms with E-state index in [0.29, 0.717) is 0 Å². The van der Waals surface area contributed by atoms with Gasteiger partial charge in [0.05, 0.1) is 0 Å². The molecule has 0 radical (unpaired) electrons. The summed E-state index contributed by atoms with van der Waals surface area (Å²) in [5.41, 5.74) is 12.2. The highest BCUT2D eigenvalue weighted by Gasteiger charge is 2.33. The van der Waals surface area contributed by atoms with Crippen molar-refractivity contribution in [1.29, 1.82) is 0 Å². The van der Waals surface area contributed by atoms with E-state index < -0.39 is 0 Å². The van der Waals surface area contributed by atoms with E-state index in [1.807, 2.05) is 0 Å². The van der Waals surface area contributed by atoms with Crippen LogP contribution >= 0.6 is 15.9 Å². The summed E-state index contributed by atoms with van der Waals surface area (Å²) in [6.45, 7) is 4.42. The number of fused-ring (bicyclic) bond motifs is 3. The summed E-state index contributed by atoms with van der Waals surface area (Å²) in [7, 11) is 0. The van der Waals surface area contributed by atoms with Crippen LogP contribution in [0, 0.1) is 13.8 Å². The van der Waals surface area contributed by atoms with E-state index in [-0.39, 0.29) is 5.92 Å².